The van der Waals surface area contributed by atoms with Crippen LogP contribution in [0.1, 0.15) is 37.8 Å². The van der Waals surface area contributed by atoms with Gasteiger partial charge < -0.3 is 19.3 Å². The summed E-state index contributed by atoms with van der Waals surface area (Å²) in [6.07, 6.45) is 2.08. The van der Waals surface area contributed by atoms with Crippen molar-refractivity contribution in [2.75, 3.05) is 50.1 Å². The van der Waals surface area contributed by atoms with Crippen molar-refractivity contribution in [2.45, 2.75) is 40.0 Å². The summed E-state index contributed by atoms with van der Waals surface area (Å²) in [5.74, 6) is 2.06. The van der Waals surface area contributed by atoms with Crippen molar-refractivity contribution in [3.8, 4) is 5.75 Å². The number of hydrogen-bond acceptors (Lipinski definition) is 8. The number of amides is 2. The smallest absolute Gasteiger partial charge is 0.324 e. The number of benzene rings is 2. The molecule has 6 rings (SSSR count). The maximum Gasteiger partial charge on any atom is 0.324 e. The van der Waals surface area contributed by atoms with E-state index in [9.17, 15) is 4.79 Å². The molecule has 11 heteroatoms. The summed E-state index contributed by atoms with van der Waals surface area (Å²) in [7, 11) is 0. The number of morpholine rings is 1. The molecule has 4 heterocycles. The maximum absolute atomic E-state index is 11.8. The number of anilines is 2. The molecule has 42 heavy (non-hydrogen) atoms. The number of rotatable bonds is 6. The van der Waals surface area contributed by atoms with Crippen molar-refractivity contribution in [1.82, 2.24) is 19.4 Å². The molecule has 0 atom stereocenters. The zero-order valence-electron chi connectivity index (χ0n) is 24.8. The molecule has 2 N–H and O–H groups in total. The molecule has 1 saturated heterocycles. The molecule has 5 aromatic rings. The lowest BCUT2D eigenvalue weighted by Gasteiger charge is -2.26. The number of fused-ring (bicyclic) bond motifs is 3. The predicted molar refractivity (Wildman–Crippen MR) is 167 cm³/mol. The third-order valence-corrected chi connectivity index (χ3v) is 7.78. The Morgan fingerprint density at radius 3 is 2.52 bits per heavy atom. The van der Waals surface area contributed by atoms with Crippen molar-refractivity contribution in [1.29, 1.82) is 0 Å². The SMILES string of the molecule is Cc1ccc(NC(=O)Nc2cc(C(C)(C)C)on2)cc1.Cc1cn2c(n1)sc1cc(OCCN3CCOCC3)ccc12. The first-order valence-corrected chi connectivity index (χ1v) is 14.9. The molecule has 0 saturated carbocycles. The van der Waals surface area contributed by atoms with Crippen LogP contribution in [0.5, 0.6) is 5.75 Å². The number of carbonyl (C=O) groups is 1. The Kier molecular flexibility index (Phi) is 9.10. The van der Waals surface area contributed by atoms with Gasteiger partial charge >= 0.3 is 6.03 Å². The van der Waals surface area contributed by atoms with E-state index in [0.29, 0.717) is 12.4 Å². The average molecular weight is 591 g/mol. The molecule has 2 aromatic carbocycles. The minimum atomic E-state index is -0.345. The van der Waals surface area contributed by atoms with Crippen LogP contribution < -0.4 is 15.4 Å². The lowest BCUT2D eigenvalue weighted by molar-refractivity contribution is 0.0322. The van der Waals surface area contributed by atoms with Gasteiger partial charge in [-0.1, -0.05) is 55.0 Å². The summed E-state index contributed by atoms with van der Waals surface area (Å²) >= 11 is 1.70. The normalized spacial score (nSPS) is 14.0. The molecule has 0 radical (unpaired) electrons. The number of nitrogens with one attached hydrogen (secondary N) is 2. The van der Waals surface area contributed by atoms with E-state index in [0.717, 1.165) is 66.3 Å². The van der Waals surface area contributed by atoms with Crippen LogP contribution in [0.3, 0.4) is 0 Å². The molecule has 222 valence electrons. The number of imidazole rings is 1. The van der Waals surface area contributed by atoms with Gasteiger partial charge in [-0.15, -0.1) is 0 Å². The molecule has 3 aromatic heterocycles. The zero-order chi connectivity index (χ0) is 29.7. The number of nitrogens with zero attached hydrogens (tertiary/aromatic N) is 4. The van der Waals surface area contributed by atoms with Crippen LogP contribution in [0.25, 0.3) is 15.2 Å². The van der Waals surface area contributed by atoms with Crippen molar-refractivity contribution in [2.24, 2.45) is 0 Å². The standard InChI is InChI=1S/C16H19N3O2S.C15H19N3O2/c1-12-11-19-14-3-2-13(10-15(14)22-16(19)17-12)21-9-6-18-4-7-20-8-5-18;1-10-5-7-11(8-6-10)16-14(19)17-13-9-12(20-18-13)15(2,3)4/h2-3,10-11H,4-9H2,1H3;5-9H,1-4H3,(H2,16,17,18,19). The number of carbonyl (C=O) groups excluding carboxylic acids is 1. The molecular formula is C31H38N6O4S. The Labute approximate surface area is 249 Å². The Hall–Kier alpha value is -3.93. The largest absolute Gasteiger partial charge is 0.492 e. The Morgan fingerprint density at radius 2 is 1.81 bits per heavy atom. The highest BCUT2D eigenvalue weighted by Gasteiger charge is 2.20. The van der Waals surface area contributed by atoms with Gasteiger partial charge in [-0.2, -0.15) is 0 Å². The summed E-state index contributed by atoms with van der Waals surface area (Å²) in [5, 5.41) is 9.21. The van der Waals surface area contributed by atoms with Gasteiger partial charge in [0.25, 0.3) is 0 Å². The second kappa shape index (κ2) is 12.9. The van der Waals surface area contributed by atoms with E-state index < -0.39 is 0 Å². The summed E-state index contributed by atoms with van der Waals surface area (Å²) < 4.78 is 19.8. The van der Waals surface area contributed by atoms with E-state index in [1.807, 2.05) is 65.0 Å². The lowest BCUT2D eigenvalue weighted by Crippen LogP contribution is -2.38. The van der Waals surface area contributed by atoms with Crippen molar-refractivity contribution in [3.05, 3.63) is 71.7 Å². The van der Waals surface area contributed by atoms with E-state index in [-0.39, 0.29) is 11.4 Å². The molecule has 1 aliphatic rings. The molecular weight excluding hydrogens is 552 g/mol. The fourth-order valence-corrected chi connectivity index (χ4v) is 5.49. The predicted octanol–water partition coefficient (Wildman–Crippen LogP) is 6.49. The number of urea groups is 1. The highest BCUT2D eigenvalue weighted by atomic mass is 32.1. The minimum Gasteiger partial charge on any atom is -0.492 e. The van der Waals surface area contributed by atoms with Gasteiger partial charge in [-0.3, -0.25) is 14.6 Å². The number of aromatic nitrogens is 3. The Bertz CT molecular complexity index is 1630. The number of ether oxygens (including phenoxy) is 2. The van der Waals surface area contributed by atoms with E-state index in [4.69, 9.17) is 14.0 Å². The summed E-state index contributed by atoms with van der Waals surface area (Å²) in [6.45, 7) is 15.4. The maximum atomic E-state index is 11.8. The topological polar surface area (TPSA) is 106 Å². The summed E-state index contributed by atoms with van der Waals surface area (Å²) in [4.78, 5) is 19.8. The van der Waals surface area contributed by atoms with Crippen LogP contribution in [0.4, 0.5) is 16.3 Å². The second-order valence-electron chi connectivity index (χ2n) is 11.3. The second-order valence-corrected chi connectivity index (χ2v) is 12.3. The first-order chi connectivity index (χ1) is 20.1. The minimum absolute atomic E-state index is 0.139. The number of hydrogen-bond donors (Lipinski definition) is 2. The quantitative estimate of drug-likeness (QED) is 0.233. The van der Waals surface area contributed by atoms with E-state index in [1.165, 1.54) is 10.2 Å². The van der Waals surface area contributed by atoms with Crippen molar-refractivity contribution in [3.63, 3.8) is 0 Å². The molecule has 10 nitrogen and oxygen atoms in total. The highest BCUT2D eigenvalue weighted by Crippen LogP contribution is 2.29. The van der Waals surface area contributed by atoms with Crippen LogP contribution in [-0.2, 0) is 10.2 Å². The molecule has 2 amide bonds. The third kappa shape index (κ3) is 7.67. The van der Waals surface area contributed by atoms with Crippen LogP contribution >= 0.6 is 11.3 Å². The highest BCUT2D eigenvalue weighted by molar-refractivity contribution is 7.23. The van der Waals surface area contributed by atoms with E-state index >= 15 is 0 Å². The molecule has 0 aliphatic carbocycles. The van der Waals surface area contributed by atoms with Gasteiger partial charge in [0.15, 0.2) is 10.8 Å². The van der Waals surface area contributed by atoms with Gasteiger partial charge in [-0.25, -0.2) is 9.78 Å². The van der Waals surface area contributed by atoms with Gasteiger partial charge in [-0.05, 0) is 44.2 Å². The average Bonchev–Trinajstić information content (AvgIpc) is 3.65. The monoisotopic (exact) mass is 590 g/mol. The van der Waals surface area contributed by atoms with Crippen LogP contribution in [0.15, 0.2) is 59.3 Å². The third-order valence-electron chi connectivity index (χ3n) is 6.77. The molecule has 1 aliphatic heterocycles. The van der Waals surface area contributed by atoms with Gasteiger partial charge in [0.05, 0.1) is 29.1 Å². The van der Waals surface area contributed by atoms with Crippen molar-refractivity contribution >= 4 is 44.1 Å². The Balaban J connectivity index is 0.000000169. The lowest BCUT2D eigenvalue weighted by atomic mass is 9.93. The van der Waals surface area contributed by atoms with E-state index in [2.05, 4.69) is 48.4 Å². The fraction of sp³-hybridized carbons (Fsp3) is 0.387. The zero-order valence-corrected chi connectivity index (χ0v) is 25.6. The van der Waals surface area contributed by atoms with Crippen LogP contribution in [-0.4, -0.2) is 64.9 Å². The van der Waals surface area contributed by atoms with Crippen LogP contribution in [0.2, 0.25) is 0 Å². The van der Waals surface area contributed by atoms with Gasteiger partial charge in [0.2, 0.25) is 0 Å². The Morgan fingerprint density at radius 1 is 1.05 bits per heavy atom. The molecule has 1 fully saturated rings. The number of thiazole rings is 1. The van der Waals surface area contributed by atoms with Crippen LogP contribution in [0, 0.1) is 13.8 Å². The van der Waals surface area contributed by atoms with E-state index in [1.54, 1.807) is 17.4 Å². The first-order valence-electron chi connectivity index (χ1n) is 14.1. The van der Waals surface area contributed by atoms with Crippen molar-refractivity contribution < 1.29 is 18.8 Å². The summed E-state index contributed by atoms with van der Waals surface area (Å²) in [5.41, 5.74) is 3.98. The molecule has 0 spiro atoms. The number of aryl methyl sites for hydroxylation is 2. The molecule has 0 unspecified atom stereocenters. The molecule has 0 bridgehead atoms. The first kappa shape index (κ1) is 29.6. The van der Waals surface area contributed by atoms with Gasteiger partial charge in [0.1, 0.15) is 18.1 Å². The summed E-state index contributed by atoms with van der Waals surface area (Å²) in [6, 6.07) is 15.2. The fourth-order valence-electron chi connectivity index (χ4n) is 4.40. The van der Waals surface area contributed by atoms with Gasteiger partial charge in [0, 0.05) is 43.0 Å².